The third-order valence-electron chi connectivity index (χ3n) is 6.54. The maximum atomic E-state index is 12.6. The van der Waals surface area contributed by atoms with E-state index in [1.165, 1.54) is 16.8 Å². The van der Waals surface area contributed by atoms with Crippen molar-refractivity contribution in [2.45, 2.75) is 19.4 Å². The first-order valence-electron chi connectivity index (χ1n) is 11.2. The summed E-state index contributed by atoms with van der Waals surface area (Å²) in [5.41, 5.74) is 5.07. The van der Waals surface area contributed by atoms with Crippen molar-refractivity contribution in [3.63, 3.8) is 0 Å². The summed E-state index contributed by atoms with van der Waals surface area (Å²) in [7, 11) is 4.32. The fourth-order valence-corrected chi connectivity index (χ4v) is 4.51. The largest absolute Gasteiger partial charge is 0.484 e. The summed E-state index contributed by atoms with van der Waals surface area (Å²) < 4.78 is 5.73. The van der Waals surface area contributed by atoms with E-state index < -0.39 is 0 Å². The number of benzene rings is 2. The van der Waals surface area contributed by atoms with Crippen LogP contribution >= 0.6 is 0 Å². The van der Waals surface area contributed by atoms with Gasteiger partial charge in [0.15, 0.2) is 6.61 Å². The van der Waals surface area contributed by atoms with E-state index in [-0.39, 0.29) is 18.6 Å². The summed E-state index contributed by atoms with van der Waals surface area (Å²) in [5, 5.41) is 3.13. The molecule has 31 heavy (non-hydrogen) atoms. The van der Waals surface area contributed by atoms with E-state index in [4.69, 9.17) is 4.74 Å². The molecular formula is C25H34N4O2. The minimum absolute atomic E-state index is 0.0370. The zero-order valence-electron chi connectivity index (χ0n) is 18.9. The van der Waals surface area contributed by atoms with Gasteiger partial charge in [-0.2, -0.15) is 0 Å². The molecule has 0 unspecified atom stereocenters. The van der Waals surface area contributed by atoms with Crippen LogP contribution in [0.2, 0.25) is 0 Å². The van der Waals surface area contributed by atoms with Gasteiger partial charge in [-0.1, -0.05) is 30.3 Å². The number of aryl methyl sites for hydroxylation is 1. The topological polar surface area (TPSA) is 48.1 Å². The highest BCUT2D eigenvalue weighted by Crippen LogP contribution is 2.31. The summed E-state index contributed by atoms with van der Waals surface area (Å²) in [6, 6.07) is 14.8. The fraction of sp³-hybridized carbons (Fsp3) is 0.480. The Hall–Kier alpha value is -2.57. The van der Waals surface area contributed by atoms with E-state index in [1.54, 1.807) is 0 Å². The Bertz CT molecular complexity index is 908. The molecule has 4 rings (SSSR count). The average molecular weight is 423 g/mol. The molecule has 0 bridgehead atoms. The molecule has 2 aliphatic heterocycles. The van der Waals surface area contributed by atoms with Gasteiger partial charge in [0.25, 0.3) is 5.91 Å². The summed E-state index contributed by atoms with van der Waals surface area (Å²) in [6.45, 7) is 7.81. The standard InChI is InChI=1S/C25H34N4O2/c1-19-6-4-5-7-24(19)31-18-25(30)26-17-23(29-14-12-27(2)13-15-29)20-8-9-22-21(16-20)10-11-28(22)3/h4-9,16,23H,10-15,17-18H2,1-3H3,(H,26,30)/t23-/m0/s1. The molecule has 1 saturated heterocycles. The van der Waals surface area contributed by atoms with E-state index in [1.807, 2.05) is 31.2 Å². The Morgan fingerprint density at radius 1 is 1.06 bits per heavy atom. The molecule has 0 saturated carbocycles. The quantitative estimate of drug-likeness (QED) is 0.743. The number of rotatable bonds is 7. The van der Waals surface area contributed by atoms with Crippen LogP contribution in [-0.2, 0) is 11.2 Å². The van der Waals surface area contributed by atoms with Crippen LogP contribution in [-0.4, -0.2) is 75.7 Å². The molecule has 0 aliphatic carbocycles. The number of hydrogen-bond acceptors (Lipinski definition) is 5. The number of fused-ring (bicyclic) bond motifs is 1. The first-order chi connectivity index (χ1) is 15.0. The van der Waals surface area contributed by atoms with Crippen molar-refractivity contribution < 1.29 is 9.53 Å². The van der Waals surface area contributed by atoms with Crippen molar-refractivity contribution in [1.82, 2.24) is 15.1 Å². The molecular weight excluding hydrogens is 388 g/mol. The van der Waals surface area contributed by atoms with Crippen LogP contribution in [0.4, 0.5) is 5.69 Å². The third-order valence-corrected chi connectivity index (χ3v) is 6.54. The second-order valence-electron chi connectivity index (χ2n) is 8.77. The molecule has 2 aromatic rings. The molecule has 6 nitrogen and oxygen atoms in total. The van der Waals surface area contributed by atoms with E-state index >= 15 is 0 Å². The lowest BCUT2D eigenvalue weighted by molar-refractivity contribution is -0.123. The number of carbonyl (C=O) groups excluding carboxylic acids is 1. The highest BCUT2D eigenvalue weighted by atomic mass is 16.5. The average Bonchev–Trinajstić information content (AvgIpc) is 3.15. The molecule has 0 radical (unpaired) electrons. The summed E-state index contributed by atoms with van der Waals surface area (Å²) >= 11 is 0. The van der Waals surface area contributed by atoms with Gasteiger partial charge in [-0.25, -0.2) is 0 Å². The Balaban J connectivity index is 1.42. The van der Waals surface area contributed by atoms with E-state index in [0.717, 1.165) is 50.5 Å². The summed E-state index contributed by atoms with van der Waals surface area (Å²) in [5.74, 6) is 0.680. The summed E-state index contributed by atoms with van der Waals surface area (Å²) in [4.78, 5) is 19.7. The lowest BCUT2D eigenvalue weighted by Crippen LogP contribution is -2.48. The highest BCUT2D eigenvalue weighted by Gasteiger charge is 2.26. The van der Waals surface area contributed by atoms with Gasteiger partial charge in [-0.05, 0) is 49.2 Å². The van der Waals surface area contributed by atoms with E-state index in [2.05, 4.69) is 52.3 Å². The van der Waals surface area contributed by atoms with Crippen molar-refractivity contribution in [3.05, 3.63) is 59.2 Å². The number of likely N-dealkylation sites (N-methyl/N-ethyl adjacent to an activating group) is 2. The molecule has 1 fully saturated rings. The number of carbonyl (C=O) groups is 1. The SMILES string of the molecule is Cc1ccccc1OCC(=O)NC[C@@H](c1ccc2c(c1)CCN2C)N1CCN(C)CC1. The number of nitrogens with zero attached hydrogens (tertiary/aromatic N) is 3. The van der Waals surface area contributed by atoms with Gasteiger partial charge in [0.1, 0.15) is 5.75 Å². The summed E-state index contributed by atoms with van der Waals surface area (Å²) in [6.07, 6.45) is 1.09. The molecule has 2 aromatic carbocycles. The van der Waals surface area contributed by atoms with Crippen molar-refractivity contribution in [3.8, 4) is 5.75 Å². The Morgan fingerprint density at radius 2 is 1.84 bits per heavy atom. The maximum absolute atomic E-state index is 12.6. The molecule has 6 heteroatoms. The van der Waals surface area contributed by atoms with Crippen LogP contribution in [0.1, 0.15) is 22.7 Å². The lowest BCUT2D eigenvalue weighted by Gasteiger charge is -2.38. The van der Waals surface area contributed by atoms with Crippen LogP contribution in [0.5, 0.6) is 5.75 Å². The number of hydrogen-bond donors (Lipinski definition) is 1. The minimum atomic E-state index is -0.0803. The van der Waals surface area contributed by atoms with Gasteiger partial charge >= 0.3 is 0 Å². The molecule has 0 aromatic heterocycles. The molecule has 2 aliphatic rings. The van der Waals surface area contributed by atoms with Gasteiger partial charge in [0.05, 0.1) is 6.04 Å². The van der Waals surface area contributed by atoms with Gasteiger partial charge in [0, 0.05) is 52.0 Å². The molecule has 2 heterocycles. The van der Waals surface area contributed by atoms with Gasteiger partial charge < -0.3 is 19.9 Å². The number of nitrogens with one attached hydrogen (secondary N) is 1. The number of anilines is 1. The van der Waals surface area contributed by atoms with Gasteiger partial charge in [-0.15, -0.1) is 0 Å². The van der Waals surface area contributed by atoms with Gasteiger partial charge in [-0.3, -0.25) is 9.69 Å². The Kier molecular flexibility index (Phi) is 6.78. The predicted octanol–water partition coefficient (Wildman–Crippen LogP) is 2.47. The molecule has 1 N–H and O–H groups in total. The highest BCUT2D eigenvalue weighted by molar-refractivity contribution is 5.77. The smallest absolute Gasteiger partial charge is 0.258 e. The Labute approximate surface area is 185 Å². The third kappa shape index (κ3) is 5.20. The molecule has 1 atom stereocenters. The van der Waals surface area contributed by atoms with Crippen LogP contribution in [0.15, 0.2) is 42.5 Å². The molecule has 0 spiro atoms. The van der Waals surface area contributed by atoms with Crippen LogP contribution in [0.3, 0.4) is 0 Å². The van der Waals surface area contributed by atoms with Crippen LogP contribution in [0, 0.1) is 6.92 Å². The van der Waals surface area contributed by atoms with Crippen molar-refractivity contribution in [1.29, 1.82) is 0 Å². The van der Waals surface area contributed by atoms with Crippen molar-refractivity contribution >= 4 is 11.6 Å². The monoisotopic (exact) mass is 422 g/mol. The number of ether oxygens (including phenoxy) is 1. The van der Waals surface area contributed by atoms with Crippen molar-refractivity contribution in [2.24, 2.45) is 0 Å². The number of piperazine rings is 1. The van der Waals surface area contributed by atoms with Gasteiger partial charge in [0.2, 0.25) is 0 Å². The first-order valence-corrected chi connectivity index (χ1v) is 11.2. The second kappa shape index (κ2) is 9.71. The van der Waals surface area contributed by atoms with Crippen molar-refractivity contribution in [2.75, 3.05) is 64.9 Å². The Morgan fingerprint density at radius 3 is 2.61 bits per heavy atom. The fourth-order valence-electron chi connectivity index (χ4n) is 4.51. The minimum Gasteiger partial charge on any atom is -0.484 e. The predicted molar refractivity (Wildman–Crippen MR) is 125 cm³/mol. The van der Waals surface area contributed by atoms with Crippen LogP contribution < -0.4 is 15.0 Å². The van der Waals surface area contributed by atoms with E-state index in [0.29, 0.717) is 6.54 Å². The number of amides is 1. The van der Waals surface area contributed by atoms with Crippen LogP contribution in [0.25, 0.3) is 0 Å². The second-order valence-corrected chi connectivity index (χ2v) is 8.77. The molecule has 166 valence electrons. The zero-order valence-corrected chi connectivity index (χ0v) is 18.9. The maximum Gasteiger partial charge on any atom is 0.258 e. The molecule has 1 amide bonds. The first kappa shape index (κ1) is 21.7. The zero-order chi connectivity index (χ0) is 21.8. The van der Waals surface area contributed by atoms with E-state index in [9.17, 15) is 4.79 Å². The number of para-hydroxylation sites is 1. The lowest BCUT2D eigenvalue weighted by atomic mass is 10.00. The normalized spacial score (nSPS) is 18.0.